The maximum absolute atomic E-state index is 4.16. The Hall–Kier alpha value is -0.260. The lowest BCUT2D eigenvalue weighted by Crippen LogP contribution is -2.48. The number of hydrogen-bond acceptors (Lipinski definition) is 0. The zero-order chi connectivity index (χ0) is 16.6. The van der Waals surface area contributed by atoms with Crippen molar-refractivity contribution in [3.63, 3.8) is 0 Å². The van der Waals surface area contributed by atoms with Crippen molar-refractivity contribution >= 4 is 0 Å². The molecular formula is C23H40. The van der Waals surface area contributed by atoms with Crippen LogP contribution in [0.2, 0.25) is 0 Å². The number of hydrogen-bond donors (Lipinski definition) is 0. The summed E-state index contributed by atoms with van der Waals surface area (Å²) < 4.78 is 0. The fourth-order valence-electron chi connectivity index (χ4n) is 7.52. The largest absolute Gasteiger partial charge is 0.103 e. The lowest BCUT2D eigenvalue weighted by Gasteiger charge is -2.56. The third-order valence-corrected chi connectivity index (χ3v) is 8.57. The Morgan fingerprint density at radius 3 is 2.35 bits per heavy atom. The zero-order valence-corrected chi connectivity index (χ0v) is 16.2. The summed E-state index contributed by atoms with van der Waals surface area (Å²) in [6.07, 6.45) is 16.0. The van der Waals surface area contributed by atoms with Crippen molar-refractivity contribution in [1.82, 2.24) is 0 Å². The summed E-state index contributed by atoms with van der Waals surface area (Å²) >= 11 is 0. The average Bonchev–Trinajstić information content (AvgIpc) is 2.92. The average molecular weight is 317 g/mol. The van der Waals surface area contributed by atoms with Gasteiger partial charge in [-0.1, -0.05) is 40.2 Å². The predicted octanol–water partition coefficient (Wildman–Crippen LogP) is 7.10. The SMILES string of the molecule is C=CC1CCC2C3CC[C@H]4CC(C)CCC4C3CC[C@]12C.CC. The predicted molar refractivity (Wildman–Crippen MR) is 101 cm³/mol. The summed E-state index contributed by atoms with van der Waals surface area (Å²) in [6, 6.07) is 0. The molecule has 0 aliphatic heterocycles. The minimum absolute atomic E-state index is 0.609. The third kappa shape index (κ3) is 2.83. The summed E-state index contributed by atoms with van der Waals surface area (Å²) in [5.41, 5.74) is 0.609. The van der Waals surface area contributed by atoms with Crippen LogP contribution in [-0.4, -0.2) is 0 Å². The molecule has 4 fully saturated rings. The minimum atomic E-state index is 0.609. The van der Waals surface area contributed by atoms with Crippen LogP contribution in [0.3, 0.4) is 0 Å². The van der Waals surface area contributed by atoms with E-state index in [1.165, 1.54) is 32.1 Å². The van der Waals surface area contributed by atoms with Crippen LogP contribution in [0.15, 0.2) is 12.7 Å². The molecule has 4 aliphatic rings. The molecular weight excluding hydrogens is 276 g/mol. The molecule has 0 amide bonds. The monoisotopic (exact) mass is 316 g/mol. The normalized spacial score (nSPS) is 51.6. The van der Waals surface area contributed by atoms with Gasteiger partial charge in [0.1, 0.15) is 0 Å². The molecule has 6 unspecified atom stereocenters. The van der Waals surface area contributed by atoms with Gasteiger partial charge in [0.25, 0.3) is 0 Å². The first-order chi connectivity index (χ1) is 11.1. The van der Waals surface area contributed by atoms with Gasteiger partial charge in [0, 0.05) is 0 Å². The molecule has 4 rings (SSSR count). The quantitative estimate of drug-likeness (QED) is 0.452. The molecule has 4 aliphatic carbocycles. The van der Waals surface area contributed by atoms with E-state index in [-0.39, 0.29) is 0 Å². The third-order valence-electron chi connectivity index (χ3n) is 8.57. The van der Waals surface area contributed by atoms with Gasteiger partial charge >= 0.3 is 0 Å². The Kier molecular flexibility index (Phi) is 5.29. The second-order valence-corrected chi connectivity index (χ2v) is 9.32. The van der Waals surface area contributed by atoms with Crippen molar-refractivity contribution in [2.75, 3.05) is 0 Å². The standard InChI is InChI=1S/C21H34.C2H6/c1-4-16-7-10-20-19-9-6-15-13-14(2)5-8-17(15)18(19)11-12-21(16,20)3;1-2/h4,14-20H,1,5-13H2,2-3H3;1-2H3/t14?,15-,16?,17?,18?,19?,20?,21+;/m0./s1. The van der Waals surface area contributed by atoms with E-state index < -0.39 is 0 Å². The molecule has 0 radical (unpaired) electrons. The Balaban J connectivity index is 0.000000753. The lowest BCUT2D eigenvalue weighted by atomic mass is 9.49. The van der Waals surface area contributed by atoms with Crippen LogP contribution in [0.25, 0.3) is 0 Å². The van der Waals surface area contributed by atoms with Crippen LogP contribution in [-0.2, 0) is 0 Å². The molecule has 0 saturated heterocycles. The first-order valence-corrected chi connectivity index (χ1v) is 10.8. The fourth-order valence-corrected chi connectivity index (χ4v) is 7.52. The van der Waals surface area contributed by atoms with Gasteiger partial charge in [-0.05, 0) is 98.2 Å². The molecule has 8 atom stereocenters. The Morgan fingerprint density at radius 1 is 0.870 bits per heavy atom. The second-order valence-electron chi connectivity index (χ2n) is 9.32. The highest BCUT2D eigenvalue weighted by Crippen LogP contribution is 2.64. The van der Waals surface area contributed by atoms with E-state index in [0.717, 1.165) is 41.4 Å². The zero-order valence-electron chi connectivity index (χ0n) is 16.2. The Labute approximate surface area is 145 Å². The maximum Gasteiger partial charge on any atom is -0.0179 e. The molecule has 0 nitrogen and oxygen atoms in total. The number of allylic oxidation sites excluding steroid dienone is 1. The van der Waals surface area contributed by atoms with E-state index >= 15 is 0 Å². The van der Waals surface area contributed by atoms with Gasteiger partial charge in [-0.2, -0.15) is 0 Å². The highest BCUT2D eigenvalue weighted by atomic mass is 14.6. The van der Waals surface area contributed by atoms with E-state index in [4.69, 9.17) is 0 Å². The molecule has 23 heavy (non-hydrogen) atoms. The minimum Gasteiger partial charge on any atom is -0.103 e. The molecule has 0 spiro atoms. The summed E-state index contributed by atoms with van der Waals surface area (Å²) in [4.78, 5) is 0. The van der Waals surface area contributed by atoms with Gasteiger partial charge in [-0.25, -0.2) is 0 Å². The van der Waals surface area contributed by atoms with Gasteiger partial charge in [-0.15, -0.1) is 6.58 Å². The van der Waals surface area contributed by atoms with E-state index in [9.17, 15) is 0 Å². The van der Waals surface area contributed by atoms with Gasteiger partial charge < -0.3 is 0 Å². The smallest absolute Gasteiger partial charge is 0.0179 e. The fraction of sp³-hybridized carbons (Fsp3) is 0.913. The van der Waals surface area contributed by atoms with Crippen molar-refractivity contribution in [3.8, 4) is 0 Å². The van der Waals surface area contributed by atoms with Crippen molar-refractivity contribution < 1.29 is 0 Å². The molecule has 132 valence electrons. The summed E-state index contributed by atoms with van der Waals surface area (Å²) in [5.74, 6) is 7.21. The van der Waals surface area contributed by atoms with E-state index in [0.29, 0.717) is 5.41 Å². The topological polar surface area (TPSA) is 0 Å². The number of fused-ring (bicyclic) bond motifs is 5. The molecule has 0 N–H and O–H groups in total. The van der Waals surface area contributed by atoms with Gasteiger partial charge in [0.05, 0.1) is 0 Å². The van der Waals surface area contributed by atoms with E-state index in [1.54, 1.807) is 25.7 Å². The molecule has 0 heterocycles. The van der Waals surface area contributed by atoms with Crippen LogP contribution in [0.4, 0.5) is 0 Å². The summed E-state index contributed by atoms with van der Waals surface area (Å²) in [7, 11) is 0. The van der Waals surface area contributed by atoms with Crippen molar-refractivity contribution in [2.24, 2.45) is 46.8 Å². The van der Waals surface area contributed by atoms with E-state index in [2.05, 4.69) is 26.5 Å². The van der Waals surface area contributed by atoms with Crippen molar-refractivity contribution in [3.05, 3.63) is 12.7 Å². The summed E-state index contributed by atoms with van der Waals surface area (Å²) in [6.45, 7) is 13.3. The van der Waals surface area contributed by atoms with Crippen LogP contribution < -0.4 is 0 Å². The molecule has 0 aromatic heterocycles. The van der Waals surface area contributed by atoms with E-state index in [1.807, 2.05) is 13.8 Å². The van der Waals surface area contributed by atoms with Gasteiger partial charge in [0.15, 0.2) is 0 Å². The van der Waals surface area contributed by atoms with Crippen LogP contribution >= 0.6 is 0 Å². The van der Waals surface area contributed by atoms with Gasteiger partial charge in [-0.3, -0.25) is 0 Å². The highest BCUT2D eigenvalue weighted by molar-refractivity contribution is 5.09. The van der Waals surface area contributed by atoms with Crippen LogP contribution in [0, 0.1) is 46.8 Å². The first-order valence-electron chi connectivity index (χ1n) is 10.8. The molecule has 0 bridgehead atoms. The molecule has 4 saturated carbocycles. The molecule has 0 heteroatoms. The number of rotatable bonds is 1. The van der Waals surface area contributed by atoms with Crippen LogP contribution in [0.1, 0.15) is 85.5 Å². The van der Waals surface area contributed by atoms with Crippen molar-refractivity contribution in [2.45, 2.75) is 85.5 Å². The lowest BCUT2D eigenvalue weighted by molar-refractivity contribution is -0.0623. The van der Waals surface area contributed by atoms with Gasteiger partial charge in [0.2, 0.25) is 0 Å². The van der Waals surface area contributed by atoms with Crippen molar-refractivity contribution in [1.29, 1.82) is 0 Å². The first kappa shape index (κ1) is 17.6. The summed E-state index contributed by atoms with van der Waals surface area (Å²) in [5, 5.41) is 0. The molecule has 0 aromatic carbocycles. The van der Waals surface area contributed by atoms with Crippen LogP contribution in [0.5, 0.6) is 0 Å². The second kappa shape index (κ2) is 6.93. The Morgan fingerprint density at radius 2 is 1.61 bits per heavy atom. The Bertz CT molecular complexity index is 410. The highest BCUT2D eigenvalue weighted by Gasteiger charge is 2.56. The molecule has 0 aromatic rings. The maximum atomic E-state index is 4.16.